The molecule has 0 aliphatic carbocycles. The van der Waals surface area contributed by atoms with Crippen molar-refractivity contribution >= 4 is 5.84 Å². The van der Waals surface area contributed by atoms with Crippen molar-refractivity contribution in [2.24, 2.45) is 0 Å². The Bertz CT molecular complexity index is 127. The Hall–Kier alpha value is -0.740. The molecular formula is C5H9F3N2. The largest absolute Gasteiger partial charge is 0.396 e. The van der Waals surface area contributed by atoms with Crippen LogP contribution in [0.4, 0.5) is 13.2 Å². The minimum Gasteiger partial charge on any atom is -0.366 e. The van der Waals surface area contributed by atoms with Crippen molar-refractivity contribution in [3.8, 4) is 0 Å². The van der Waals surface area contributed by atoms with Crippen molar-refractivity contribution in [1.82, 2.24) is 4.90 Å². The van der Waals surface area contributed by atoms with E-state index in [1.165, 1.54) is 14.1 Å². The molecule has 0 amide bonds. The molecule has 2 nitrogen and oxygen atoms in total. The minimum atomic E-state index is -4.26. The highest BCUT2D eigenvalue weighted by atomic mass is 19.4. The molecule has 0 fully saturated rings. The van der Waals surface area contributed by atoms with Gasteiger partial charge in [-0.3, -0.25) is 5.41 Å². The summed E-state index contributed by atoms with van der Waals surface area (Å²) in [4.78, 5) is 1.13. The summed E-state index contributed by atoms with van der Waals surface area (Å²) in [5, 5.41) is 6.80. The van der Waals surface area contributed by atoms with Gasteiger partial charge in [-0.1, -0.05) is 0 Å². The van der Waals surface area contributed by atoms with Gasteiger partial charge in [-0.05, 0) is 0 Å². The molecule has 0 aromatic rings. The van der Waals surface area contributed by atoms with Crippen LogP contribution in [-0.4, -0.2) is 31.0 Å². The van der Waals surface area contributed by atoms with Gasteiger partial charge in [0.25, 0.3) is 0 Å². The molecule has 0 radical (unpaired) electrons. The van der Waals surface area contributed by atoms with Crippen LogP contribution in [-0.2, 0) is 0 Å². The first-order valence-electron chi connectivity index (χ1n) is 2.64. The van der Waals surface area contributed by atoms with E-state index in [1.807, 2.05) is 0 Å². The molecule has 5 heteroatoms. The monoisotopic (exact) mass is 154 g/mol. The summed E-state index contributed by atoms with van der Waals surface area (Å²) in [5.41, 5.74) is 0. The molecule has 0 unspecified atom stereocenters. The topological polar surface area (TPSA) is 27.1 Å². The van der Waals surface area contributed by atoms with Crippen molar-refractivity contribution in [3.63, 3.8) is 0 Å². The number of hydrogen-bond donors (Lipinski definition) is 1. The van der Waals surface area contributed by atoms with Crippen LogP contribution in [0, 0.1) is 5.41 Å². The quantitative estimate of drug-likeness (QED) is 0.449. The average molecular weight is 154 g/mol. The normalized spacial score (nSPS) is 11.3. The zero-order chi connectivity index (χ0) is 8.36. The van der Waals surface area contributed by atoms with E-state index >= 15 is 0 Å². The Labute approximate surface area is 57.1 Å². The van der Waals surface area contributed by atoms with E-state index in [0.717, 1.165) is 4.90 Å². The molecule has 60 valence electrons. The van der Waals surface area contributed by atoms with Crippen LogP contribution in [0.15, 0.2) is 0 Å². The third kappa shape index (κ3) is 4.17. The molecule has 0 aliphatic heterocycles. The Morgan fingerprint density at radius 3 is 1.90 bits per heavy atom. The molecule has 0 bridgehead atoms. The van der Waals surface area contributed by atoms with Crippen molar-refractivity contribution in [2.45, 2.75) is 12.6 Å². The van der Waals surface area contributed by atoms with Gasteiger partial charge < -0.3 is 4.90 Å². The molecule has 0 saturated heterocycles. The molecule has 0 saturated carbocycles. The maximum absolute atomic E-state index is 11.5. The maximum atomic E-state index is 11.5. The Balaban J connectivity index is 3.81. The smallest absolute Gasteiger partial charge is 0.366 e. The van der Waals surface area contributed by atoms with Crippen LogP contribution < -0.4 is 0 Å². The van der Waals surface area contributed by atoms with Gasteiger partial charge >= 0.3 is 6.18 Å². The van der Waals surface area contributed by atoms with Gasteiger partial charge in [0.2, 0.25) is 0 Å². The maximum Gasteiger partial charge on any atom is 0.396 e. The van der Waals surface area contributed by atoms with Crippen LogP contribution >= 0.6 is 0 Å². The number of rotatable bonds is 1. The molecule has 10 heavy (non-hydrogen) atoms. The Kier molecular flexibility index (Phi) is 2.68. The number of amidine groups is 1. The summed E-state index contributed by atoms with van der Waals surface area (Å²) in [6, 6.07) is 0. The molecular weight excluding hydrogens is 145 g/mol. The number of alkyl halides is 3. The summed E-state index contributed by atoms with van der Waals surface area (Å²) in [7, 11) is 2.82. The summed E-state index contributed by atoms with van der Waals surface area (Å²) >= 11 is 0. The lowest BCUT2D eigenvalue weighted by Gasteiger charge is -2.14. The lowest BCUT2D eigenvalue weighted by atomic mass is 10.4. The highest BCUT2D eigenvalue weighted by molar-refractivity contribution is 5.79. The molecule has 0 atom stereocenters. The van der Waals surface area contributed by atoms with Crippen molar-refractivity contribution in [3.05, 3.63) is 0 Å². The highest BCUT2D eigenvalue weighted by Gasteiger charge is 2.29. The molecule has 0 aromatic heterocycles. The fourth-order valence-electron chi connectivity index (χ4n) is 0.348. The molecule has 0 heterocycles. The summed E-state index contributed by atoms with van der Waals surface area (Å²) < 4.78 is 34.5. The highest BCUT2D eigenvalue weighted by Crippen LogP contribution is 2.19. The second kappa shape index (κ2) is 2.90. The number of nitrogens with zero attached hydrogens (tertiary/aromatic N) is 1. The fourth-order valence-corrected chi connectivity index (χ4v) is 0.348. The first kappa shape index (κ1) is 9.26. The first-order valence-corrected chi connectivity index (χ1v) is 2.64. The lowest BCUT2D eigenvalue weighted by molar-refractivity contribution is -0.122. The van der Waals surface area contributed by atoms with E-state index in [-0.39, 0.29) is 0 Å². The predicted octanol–water partition coefficient (Wildman–Crippen LogP) is 1.48. The Morgan fingerprint density at radius 2 is 1.80 bits per heavy atom. The van der Waals surface area contributed by atoms with Crippen molar-refractivity contribution in [1.29, 1.82) is 5.41 Å². The Morgan fingerprint density at radius 1 is 1.40 bits per heavy atom. The summed E-state index contributed by atoms with van der Waals surface area (Å²) in [6.45, 7) is 0. The fraction of sp³-hybridized carbons (Fsp3) is 0.800. The van der Waals surface area contributed by atoms with Gasteiger partial charge in [-0.2, -0.15) is 13.2 Å². The lowest BCUT2D eigenvalue weighted by Crippen LogP contribution is -2.26. The standard InChI is InChI=1S/C5H9F3N2/c1-10(2)4(9)3-5(6,7)8/h9H,3H2,1-2H3. The van der Waals surface area contributed by atoms with Gasteiger partial charge in [0.15, 0.2) is 0 Å². The third-order valence-electron chi connectivity index (χ3n) is 0.908. The number of hydrogen-bond acceptors (Lipinski definition) is 1. The number of nitrogens with one attached hydrogen (secondary N) is 1. The van der Waals surface area contributed by atoms with Crippen LogP contribution in [0.5, 0.6) is 0 Å². The van der Waals surface area contributed by atoms with Crippen LogP contribution in [0.2, 0.25) is 0 Å². The SMILES string of the molecule is CN(C)C(=N)CC(F)(F)F. The van der Waals surface area contributed by atoms with Crippen molar-refractivity contribution in [2.75, 3.05) is 14.1 Å². The molecule has 0 aliphatic rings. The van der Waals surface area contributed by atoms with E-state index < -0.39 is 18.4 Å². The van der Waals surface area contributed by atoms with Crippen molar-refractivity contribution < 1.29 is 13.2 Å². The number of halogens is 3. The first-order chi connectivity index (χ1) is 4.33. The zero-order valence-corrected chi connectivity index (χ0v) is 5.79. The van der Waals surface area contributed by atoms with E-state index in [1.54, 1.807) is 0 Å². The van der Waals surface area contributed by atoms with Crippen LogP contribution in [0.25, 0.3) is 0 Å². The average Bonchev–Trinajstić information content (AvgIpc) is 1.60. The second-order valence-corrected chi connectivity index (χ2v) is 2.13. The van der Waals surface area contributed by atoms with Gasteiger partial charge in [-0.15, -0.1) is 0 Å². The summed E-state index contributed by atoms with van der Waals surface area (Å²) in [6.07, 6.45) is -5.42. The minimum absolute atomic E-state index is 0.424. The van der Waals surface area contributed by atoms with E-state index in [4.69, 9.17) is 5.41 Å². The van der Waals surface area contributed by atoms with Gasteiger partial charge in [0.05, 0.1) is 0 Å². The molecule has 0 rings (SSSR count). The van der Waals surface area contributed by atoms with Crippen LogP contribution in [0.1, 0.15) is 6.42 Å². The molecule has 1 N–H and O–H groups in total. The zero-order valence-electron chi connectivity index (χ0n) is 5.79. The van der Waals surface area contributed by atoms with E-state index in [0.29, 0.717) is 0 Å². The van der Waals surface area contributed by atoms with E-state index in [2.05, 4.69) is 0 Å². The van der Waals surface area contributed by atoms with E-state index in [9.17, 15) is 13.2 Å². The second-order valence-electron chi connectivity index (χ2n) is 2.13. The predicted molar refractivity (Wildman–Crippen MR) is 32.1 cm³/mol. The van der Waals surface area contributed by atoms with Gasteiger partial charge in [0, 0.05) is 14.1 Å². The molecule has 0 spiro atoms. The van der Waals surface area contributed by atoms with Gasteiger partial charge in [-0.25, -0.2) is 0 Å². The third-order valence-corrected chi connectivity index (χ3v) is 0.908. The summed E-state index contributed by atoms with van der Waals surface area (Å²) in [5.74, 6) is -0.424. The molecule has 0 aromatic carbocycles. The van der Waals surface area contributed by atoms with Gasteiger partial charge in [0.1, 0.15) is 12.3 Å². The van der Waals surface area contributed by atoms with Crippen LogP contribution in [0.3, 0.4) is 0 Å².